The normalized spacial score (nSPS) is 10.8. The number of imidazole rings is 1. The highest BCUT2D eigenvalue weighted by atomic mass is 15.1. The molecule has 0 atom stereocenters. The summed E-state index contributed by atoms with van der Waals surface area (Å²) in [5.74, 6) is 1.07. The summed E-state index contributed by atoms with van der Waals surface area (Å²) < 4.78 is 2.15. The van der Waals surface area contributed by atoms with Crippen molar-refractivity contribution in [2.45, 2.75) is 20.0 Å². The molecule has 0 radical (unpaired) electrons. The molecule has 2 aromatic carbocycles. The quantitative estimate of drug-likeness (QED) is 0.766. The molecule has 3 aromatic rings. The molecule has 3 heteroatoms. The van der Waals surface area contributed by atoms with Gasteiger partial charge in [0.05, 0.1) is 6.54 Å². The lowest BCUT2D eigenvalue weighted by molar-refractivity contribution is 0.708. The van der Waals surface area contributed by atoms with Gasteiger partial charge in [-0.2, -0.15) is 0 Å². The van der Waals surface area contributed by atoms with Gasteiger partial charge in [0.25, 0.3) is 0 Å². The SMILES string of the molecule is CCn1ccnc1CNc1cccc2ccccc12. The number of nitrogens with zero attached hydrogens (tertiary/aromatic N) is 2. The zero-order chi connectivity index (χ0) is 13.1. The van der Waals surface area contributed by atoms with Crippen molar-refractivity contribution >= 4 is 16.5 Å². The minimum absolute atomic E-state index is 0.745. The van der Waals surface area contributed by atoms with Crippen LogP contribution in [0.4, 0.5) is 5.69 Å². The van der Waals surface area contributed by atoms with Crippen LogP contribution in [-0.2, 0) is 13.1 Å². The Morgan fingerprint density at radius 1 is 1.11 bits per heavy atom. The van der Waals surface area contributed by atoms with Crippen molar-refractivity contribution in [2.75, 3.05) is 5.32 Å². The van der Waals surface area contributed by atoms with E-state index in [0.717, 1.165) is 24.6 Å². The average molecular weight is 251 g/mol. The van der Waals surface area contributed by atoms with Crippen molar-refractivity contribution in [3.05, 3.63) is 60.7 Å². The summed E-state index contributed by atoms with van der Waals surface area (Å²) in [7, 11) is 0. The van der Waals surface area contributed by atoms with Gasteiger partial charge in [0.1, 0.15) is 5.82 Å². The molecule has 96 valence electrons. The van der Waals surface area contributed by atoms with Gasteiger partial charge in [-0.05, 0) is 18.4 Å². The Morgan fingerprint density at radius 3 is 2.84 bits per heavy atom. The summed E-state index contributed by atoms with van der Waals surface area (Å²) in [5, 5.41) is 5.99. The predicted octanol–water partition coefficient (Wildman–Crippen LogP) is 3.67. The number of aryl methyl sites for hydroxylation is 1. The maximum Gasteiger partial charge on any atom is 0.128 e. The Kier molecular flexibility index (Phi) is 3.19. The van der Waals surface area contributed by atoms with Crippen LogP contribution in [0.1, 0.15) is 12.7 Å². The third-order valence-corrected chi connectivity index (χ3v) is 3.37. The summed E-state index contributed by atoms with van der Waals surface area (Å²) in [5.41, 5.74) is 1.16. The largest absolute Gasteiger partial charge is 0.377 e. The molecule has 0 saturated carbocycles. The first-order valence-corrected chi connectivity index (χ1v) is 6.60. The minimum Gasteiger partial charge on any atom is -0.377 e. The van der Waals surface area contributed by atoms with E-state index in [0.29, 0.717) is 0 Å². The third kappa shape index (κ3) is 2.32. The molecule has 0 unspecified atom stereocenters. The monoisotopic (exact) mass is 251 g/mol. The smallest absolute Gasteiger partial charge is 0.128 e. The molecule has 1 heterocycles. The van der Waals surface area contributed by atoms with Crippen molar-refractivity contribution in [3.8, 4) is 0 Å². The molecule has 0 aliphatic carbocycles. The van der Waals surface area contributed by atoms with Crippen molar-refractivity contribution in [1.29, 1.82) is 0 Å². The van der Waals surface area contributed by atoms with Gasteiger partial charge in [0.2, 0.25) is 0 Å². The van der Waals surface area contributed by atoms with E-state index in [4.69, 9.17) is 0 Å². The second-order valence-corrected chi connectivity index (χ2v) is 4.51. The van der Waals surface area contributed by atoms with Crippen LogP contribution in [0.15, 0.2) is 54.9 Å². The average Bonchev–Trinajstić information content (AvgIpc) is 2.92. The molecule has 0 spiro atoms. The number of anilines is 1. The molecule has 1 N–H and O–H groups in total. The molecule has 0 bridgehead atoms. The topological polar surface area (TPSA) is 29.9 Å². The lowest BCUT2D eigenvalue weighted by atomic mass is 10.1. The van der Waals surface area contributed by atoms with Crippen LogP contribution in [0, 0.1) is 0 Å². The van der Waals surface area contributed by atoms with Gasteiger partial charge in [-0.25, -0.2) is 4.98 Å². The maximum absolute atomic E-state index is 4.38. The Bertz CT molecular complexity index is 680. The fraction of sp³-hybridized carbons (Fsp3) is 0.188. The van der Waals surface area contributed by atoms with Crippen molar-refractivity contribution in [1.82, 2.24) is 9.55 Å². The Balaban J connectivity index is 1.86. The van der Waals surface area contributed by atoms with Crippen molar-refractivity contribution in [2.24, 2.45) is 0 Å². The summed E-state index contributed by atoms with van der Waals surface area (Å²) in [4.78, 5) is 4.38. The number of aromatic nitrogens is 2. The first-order valence-electron chi connectivity index (χ1n) is 6.60. The lowest BCUT2D eigenvalue weighted by Gasteiger charge is -2.10. The van der Waals surface area contributed by atoms with Crippen LogP contribution in [0.2, 0.25) is 0 Å². The number of hydrogen-bond acceptors (Lipinski definition) is 2. The van der Waals surface area contributed by atoms with E-state index in [1.165, 1.54) is 10.8 Å². The molecule has 0 aliphatic heterocycles. The van der Waals surface area contributed by atoms with E-state index < -0.39 is 0 Å². The van der Waals surface area contributed by atoms with Crippen LogP contribution in [0.5, 0.6) is 0 Å². The zero-order valence-corrected chi connectivity index (χ0v) is 11.0. The third-order valence-electron chi connectivity index (χ3n) is 3.37. The van der Waals surface area contributed by atoms with E-state index >= 15 is 0 Å². The first kappa shape index (κ1) is 11.8. The summed E-state index contributed by atoms with van der Waals surface area (Å²) in [6.07, 6.45) is 3.86. The highest BCUT2D eigenvalue weighted by molar-refractivity contribution is 5.93. The van der Waals surface area contributed by atoms with E-state index in [-0.39, 0.29) is 0 Å². The molecule has 0 saturated heterocycles. The highest BCUT2D eigenvalue weighted by Crippen LogP contribution is 2.23. The minimum atomic E-state index is 0.745. The number of fused-ring (bicyclic) bond motifs is 1. The van der Waals surface area contributed by atoms with Crippen LogP contribution < -0.4 is 5.32 Å². The fourth-order valence-electron chi connectivity index (χ4n) is 2.35. The van der Waals surface area contributed by atoms with E-state index in [9.17, 15) is 0 Å². The number of benzene rings is 2. The van der Waals surface area contributed by atoms with E-state index in [1.54, 1.807) is 0 Å². The summed E-state index contributed by atoms with van der Waals surface area (Å²) in [6.45, 7) is 3.82. The van der Waals surface area contributed by atoms with Crippen LogP contribution >= 0.6 is 0 Å². The van der Waals surface area contributed by atoms with Crippen LogP contribution in [0.3, 0.4) is 0 Å². The summed E-state index contributed by atoms with van der Waals surface area (Å²) in [6, 6.07) is 14.7. The van der Waals surface area contributed by atoms with E-state index in [2.05, 4.69) is 64.3 Å². The number of hydrogen-bond donors (Lipinski definition) is 1. The Morgan fingerprint density at radius 2 is 1.95 bits per heavy atom. The number of nitrogens with one attached hydrogen (secondary N) is 1. The Hall–Kier alpha value is -2.29. The van der Waals surface area contributed by atoms with Crippen LogP contribution in [0.25, 0.3) is 10.8 Å². The molecule has 3 nitrogen and oxygen atoms in total. The first-order chi connectivity index (χ1) is 9.38. The standard InChI is InChI=1S/C16H17N3/c1-2-19-11-10-17-16(19)12-18-15-9-5-7-13-6-3-4-8-14(13)15/h3-11,18H,2,12H2,1H3. The van der Waals surface area contributed by atoms with Crippen LogP contribution in [-0.4, -0.2) is 9.55 Å². The molecule has 0 fully saturated rings. The van der Waals surface area contributed by atoms with Gasteiger partial charge in [0, 0.05) is 30.0 Å². The lowest BCUT2D eigenvalue weighted by Crippen LogP contribution is -2.07. The zero-order valence-electron chi connectivity index (χ0n) is 11.0. The molecule has 3 rings (SSSR count). The fourth-order valence-corrected chi connectivity index (χ4v) is 2.35. The van der Waals surface area contributed by atoms with Gasteiger partial charge in [-0.3, -0.25) is 0 Å². The second-order valence-electron chi connectivity index (χ2n) is 4.51. The molecule has 0 aliphatic rings. The Labute approximate surface area is 112 Å². The van der Waals surface area contributed by atoms with Gasteiger partial charge < -0.3 is 9.88 Å². The summed E-state index contributed by atoms with van der Waals surface area (Å²) >= 11 is 0. The highest BCUT2D eigenvalue weighted by Gasteiger charge is 2.03. The molecule has 1 aromatic heterocycles. The molecule has 19 heavy (non-hydrogen) atoms. The van der Waals surface area contributed by atoms with Gasteiger partial charge in [-0.15, -0.1) is 0 Å². The van der Waals surface area contributed by atoms with Crippen molar-refractivity contribution < 1.29 is 0 Å². The van der Waals surface area contributed by atoms with Gasteiger partial charge >= 0.3 is 0 Å². The van der Waals surface area contributed by atoms with E-state index in [1.807, 2.05) is 12.4 Å². The maximum atomic E-state index is 4.38. The molecular weight excluding hydrogens is 234 g/mol. The predicted molar refractivity (Wildman–Crippen MR) is 79.2 cm³/mol. The van der Waals surface area contributed by atoms with Gasteiger partial charge in [-0.1, -0.05) is 36.4 Å². The molecular formula is C16H17N3. The van der Waals surface area contributed by atoms with Gasteiger partial charge in [0.15, 0.2) is 0 Å². The molecule has 0 amide bonds. The second kappa shape index (κ2) is 5.14. The number of rotatable bonds is 4. The van der Waals surface area contributed by atoms with Crippen molar-refractivity contribution in [3.63, 3.8) is 0 Å².